The van der Waals surface area contributed by atoms with Gasteiger partial charge in [0.2, 0.25) is 10.0 Å². The van der Waals surface area contributed by atoms with Crippen LogP contribution in [0.5, 0.6) is 0 Å². The third-order valence-corrected chi connectivity index (χ3v) is 5.93. The number of rotatable bonds is 3. The van der Waals surface area contributed by atoms with Crippen molar-refractivity contribution in [3.63, 3.8) is 0 Å². The molecule has 0 radical (unpaired) electrons. The minimum atomic E-state index is -3.45. The van der Waals surface area contributed by atoms with Crippen LogP contribution in [0.1, 0.15) is 18.4 Å². The normalized spacial score (nSPS) is 21.3. The topological polar surface area (TPSA) is 66.6 Å². The van der Waals surface area contributed by atoms with E-state index >= 15 is 0 Å². The molecule has 2 rings (SSSR count). The molecule has 1 aliphatic rings. The van der Waals surface area contributed by atoms with Gasteiger partial charge in [0.05, 0.1) is 4.90 Å². The van der Waals surface area contributed by atoms with Gasteiger partial charge in [-0.3, -0.25) is 0 Å². The summed E-state index contributed by atoms with van der Waals surface area (Å²) in [5.41, 5.74) is 6.96. The number of anilines is 1. The lowest BCUT2D eigenvalue weighted by Gasteiger charge is -2.35. The first-order valence-electron chi connectivity index (χ1n) is 6.85. The standard InChI is InChI=1S/C14H23N3O2S/c1-11-6-7-12(15)9-14(11)20(18,19)17-8-4-5-13(10-17)16(2)3/h6-7,9,13H,4-5,8,10,15H2,1-3H3. The summed E-state index contributed by atoms with van der Waals surface area (Å²) in [6.45, 7) is 2.93. The van der Waals surface area contributed by atoms with Crippen LogP contribution >= 0.6 is 0 Å². The summed E-state index contributed by atoms with van der Waals surface area (Å²) in [4.78, 5) is 2.42. The van der Waals surface area contributed by atoms with Crippen LogP contribution in [-0.4, -0.2) is 50.8 Å². The molecule has 1 aliphatic heterocycles. The first kappa shape index (κ1) is 15.3. The average molecular weight is 297 g/mol. The molecule has 0 amide bonds. The number of aryl methyl sites for hydroxylation is 1. The van der Waals surface area contributed by atoms with E-state index in [1.54, 1.807) is 29.4 Å². The van der Waals surface area contributed by atoms with E-state index in [-0.39, 0.29) is 6.04 Å². The van der Waals surface area contributed by atoms with Crippen LogP contribution in [-0.2, 0) is 10.0 Å². The molecule has 6 heteroatoms. The van der Waals surface area contributed by atoms with Gasteiger partial charge in [-0.2, -0.15) is 4.31 Å². The van der Waals surface area contributed by atoms with Gasteiger partial charge in [-0.05, 0) is 51.6 Å². The van der Waals surface area contributed by atoms with Gasteiger partial charge in [-0.1, -0.05) is 6.07 Å². The lowest BCUT2D eigenvalue weighted by molar-refractivity contribution is 0.190. The molecular formula is C14H23N3O2S. The number of nitrogens with two attached hydrogens (primary N) is 1. The van der Waals surface area contributed by atoms with E-state index in [1.807, 2.05) is 14.1 Å². The van der Waals surface area contributed by atoms with E-state index in [9.17, 15) is 8.42 Å². The zero-order valence-electron chi connectivity index (χ0n) is 12.3. The van der Waals surface area contributed by atoms with Crippen molar-refractivity contribution in [1.82, 2.24) is 9.21 Å². The van der Waals surface area contributed by atoms with Crippen LogP contribution in [0.3, 0.4) is 0 Å². The number of nitrogens with zero attached hydrogens (tertiary/aromatic N) is 2. The summed E-state index contributed by atoms with van der Waals surface area (Å²) in [7, 11) is 0.530. The fourth-order valence-electron chi connectivity index (χ4n) is 2.59. The molecule has 1 aromatic rings. The third kappa shape index (κ3) is 2.97. The summed E-state index contributed by atoms with van der Waals surface area (Å²) < 4.78 is 27.1. The Labute approximate surface area is 121 Å². The van der Waals surface area contributed by atoms with Crippen LogP contribution in [0, 0.1) is 6.92 Å². The Morgan fingerprint density at radius 3 is 2.70 bits per heavy atom. The van der Waals surface area contributed by atoms with Crippen molar-refractivity contribution in [2.45, 2.75) is 30.7 Å². The second-order valence-corrected chi connectivity index (χ2v) is 7.55. The van der Waals surface area contributed by atoms with E-state index in [2.05, 4.69) is 4.90 Å². The molecule has 0 aromatic heterocycles. The third-order valence-electron chi connectivity index (χ3n) is 3.92. The molecule has 112 valence electrons. The molecule has 0 saturated carbocycles. The van der Waals surface area contributed by atoms with Gasteiger partial charge in [0.15, 0.2) is 0 Å². The average Bonchev–Trinajstić information content (AvgIpc) is 2.41. The molecule has 0 spiro atoms. The number of sulfonamides is 1. The van der Waals surface area contributed by atoms with Gasteiger partial charge >= 0.3 is 0 Å². The maximum Gasteiger partial charge on any atom is 0.243 e. The Balaban J connectivity index is 2.32. The quantitative estimate of drug-likeness (QED) is 0.854. The van der Waals surface area contributed by atoms with E-state index in [4.69, 9.17) is 5.73 Å². The Hall–Kier alpha value is -1.11. The number of benzene rings is 1. The van der Waals surface area contributed by atoms with Gasteiger partial charge in [-0.25, -0.2) is 8.42 Å². The summed E-state index contributed by atoms with van der Waals surface area (Å²) >= 11 is 0. The number of nitrogen functional groups attached to an aromatic ring is 1. The highest BCUT2D eigenvalue weighted by molar-refractivity contribution is 7.89. The minimum absolute atomic E-state index is 0.278. The monoisotopic (exact) mass is 297 g/mol. The first-order chi connectivity index (χ1) is 9.32. The zero-order valence-corrected chi connectivity index (χ0v) is 13.2. The van der Waals surface area contributed by atoms with Gasteiger partial charge in [0.1, 0.15) is 0 Å². The molecule has 1 saturated heterocycles. The molecule has 5 nitrogen and oxygen atoms in total. The fraction of sp³-hybridized carbons (Fsp3) is 0.571. The smallest absolute Gasteiger partial charge is 0.243 e. The number of likely N-dealkylation sites (N-methyl/N-ethyl adjacent to an activating group) is 1. The molecule has 0 aliphatic carbocycles. The van der Waals surface area contributed by atoms with Crippen LogP contribution in [0.15, 0.2) is 23.1 Å². The van der Waals surface area contributed by atoms with E-state index < -0.39 is 10.0 Å². The summed E-state index contributed by atoms with van der Waals surface area (Å²) in [5.74, 6) is 0. The summed E-state index contributed by atoms with van der Waals surface area (Å²) in [6, 6.07) is 5.33. The van der Waals surface area contributed by atoms with Crippen LogP contribution in [0.4, 0.5) is 5.69 Å². The molecule has 1 aromatic carbocycles. The van der Waals surface area contributed by atoms with Gasteiger partial charge < -0.3 is 10.6 Å². The van der Waals surface area contributed by atoms with Crippen molar-refractivity contribution in [3.8, 4) is 0 Å². The highest BCUT2D eigenvalue weighted by Gasteiger charge is 2.31. The van der Waals surface area contributed by atoms with Crippen molar-refractivity contribution in [3.05, 3.63) is 23.8 Å². The van der Waals surface area contributed by atoms with Crippen LogP contribution in [0.25, 0.3) is 0 Å². The minimum Gasteiger partial charge on any atom is -0.399 e. The van der Waals surface area contributed by atoms with E-state index in [0.29, 0.717) is 23.7 Å². The second kappa shape index (κ2) is 5.71. The first-order valence-corrected chi connectivity index (χ1v) is 8.29. The predicted molar refractivity (Wildman–Crippen MR) is 81.1 cm³/mol. The molecule has 1 fully saturated rings. The Morgan fingerprint density at radius 1 is 1.35 bits per heavy atom. The van der Waals surface area contributed by atoms with Gasteiger partial charge in [-0.15, -0.1) is 0 Å². The van der Waals surface area contributed by atoms with E-state index in [1.165, 1.54) is 0 Å². The van der Waals surface area contributed by atoms with Gasteiger partial charge in [0, 0.05) is 24.8 Å². The lowest BCUT2D eigenvalue weighted by Crippen LogP contribution is -2.47. The molecule has 0 bridgehead atoms. The largest absolute Gasteiger partial charge is 0.399 e. The summed E-state index contributed by atoms with van der Waals surface area (Å²) in [6.07, 6.45) is 1.93. The molecular weight excluding hydrogens is 274 g/mol. The molecule has 1 atom stereocenters. The maximum absolute atomic E-state index is 12.8. The molecule has 1 heterocycles. The molecule has 20 heavy (non-hydrogen) atoms. The lowest BCUT2D eigenvalue weighted by atomic mass is 10.1. The van der Waals surface area contributed by atoms with Crippen molar-refractivity contribution in [2.75, 3.05) is 32.9 Å². The maximum atomic E-state index is 12.8. The van der Waals surface area contributed by atoms with Crippen molar-refractivity contribution in [2.24, 2.45) is 0 Å². The molecule has 1 unspecified atom stereocenters. The van der Waals surface area contributed by atoms with Crippen molar-refractivity contribution in [1.29, 1.82) is 0 Å². The van der Waals surface area contributed by atoms with Gasteiger partial charge in [0.25, 0.3) is 0 Å². The van der Waals surface area contributed by atoms with E-state index in [0.717, 1.165) is 18.4 Å². The van der Waals surface area contributed by atoms with Crippen molar-refractivity contribution >= 4 is 15.7 Å². The predicted octanol–water partition coefficient (Wildman–Crippen LogP) is 1.29. The Bertz CT molecular complexity index is 584. The SMILES string of the molecule is Cc1ccc(N)cc1S(=O)(=O)N1CCCC(N(C)C)C1. The fourth-order valence-corrected chi connectivity index (χ4v) is 4.37. The summed E-state index contributed by atoms with van der Waals surface area (Å²) in [5, 5.41) is 0. The Morgan fingerprint density at radius 2 is 2.05 bits per heavy atom. The number of hydrogen-bond donors (Lipinski definition) is 1. The Kier molecular flexibility index (Phi) is 4.36. The van der Waals surface area contributed by atoms with Crippen LogP contribution < -0.4 is 5.73 Å². The zero-order chi connectivity index (χ0) is 14.9. The second-order valence-electron chi connectivity index (χ2n) is 5.65. The number of hydrogen-bond acceptors (Lipinski definition) is 4. The van der Waals surface area contributed by atoms with Crippen LogP contribution in [0.2, 0.25) is 0 Å². The highest BCUT2D eigenvalue weighted by atomic mass is 32.2. The molecule has 2 N–H and O–H groups in total. The highest BCUT2D eigenvalue weighted by Crippen LogP contribution is 2.25. The van der Waals surface area contributed by atoms with Crippen molar-refractivity contribution < 1.29 is 8.42 Å². The number of piperidine rings is 1.